The molecule has 1 amide bonds. The van der Waals surface area contributed by atoms with Crippen LogP contribution in [0, 0.1) is 6.92 Å². The Hall–Kier alpha value is -1.58. The third-order valence-corrected chi connectivity index (χ3v) is 4.08. The fourth-order valence-corrected chi connectivity index (χ4v) is 2.97. The second-order valence-corrected chi connectivity index (χ2v) is 6.43. The number of carbonyl (C=O) groups is 1. The van der Waals surface area contributed by atoms with E-state index < -0.39 is 0 Å². The van der Waals surface area contributed by atoms with Gasteiger partial charge in [0.1, 0.15) is 10.3 Å². The summed E-state index contributed by atoms with van der Waals surface area (Å²) in [4.78, 5) is 18.6. The van der Waals surface area contributed by atoms with Gasteiger partial charge in [-0.1, -0.05) is 53.0 Å². The molecule has 0 atom stereocenters. The lowest BCUT2D eigenvalue weighted by Crippen LogP contribution is -2.32. The number of rotatable bonds is 4. The summed E-state index contributed by atoms with van der Waals surface area (Å²) in [7, 11) is 0. The van der Waals surface area contributed by atoms with Gasteiger partial charge < -0.3 is 4.90 Å². The molecule has 0 saturated heterocycles. The Balaban J connectivity index is 1.86. The van der Waals surface area contributed by atoms with Crippen LogP contribution in [0.25, 0.3) is 0 Å². The van der Waals surface area contributed by atoms with Crippen LogP contribution in [-0.4, -0.2) is 21.8 Å². The number of hydrogen-bond acceptors (Lipinski definition) is 2. The minimum atomic E-state index is -0.0461. The quantitative estimate of drug-likeness (QED) is 0.771. The van der Waals surface area contributed by atoms with E-state index in [0.29, 0.717) is 18.2 Å². The number of carbonyl (C=O) groups excluding carboxylic acids is 1. The van der Waals surface area contributed by atoms with Gasteiger partial charge in [-0.15, -0.1) is 0 Å². The van der Waals surface area contributed by atoms with Crippen LogP contribution in [0.15, 0.2) is 36.4 Å². The highest BCUT2D eigenvalue weighted by atomic mass is 35.5. The van der Waals surface area contributed by atoms with Crippen molar-refractivity contribution >= 4 is 29.1 Å². The van der Waals surface area contributed by atoms with Gasteiger partial charge in [0.15, 0.2) is 0 Å². The van der Waals surface area contributed by atoms with Crippen LogP contribution in [0.1, 0.15) is 34.3 Å². The Morgan fingerprint density at radius 1 is 1.23 bits per heavy atom. The van der Waals surface area contributed by atoms with Crippen LogP contribution < -0.4 is 0 Å². The molecule has 1 aliphatic carbocycles. The number of hydrogen-bond donors (Lipinski definition) is 0. The van der Waals surface area contributed by atoms with Gasteiger partial charge in [0.05, 0.1) is 0 Å². The number of benzene rings is 1. The molecule has 1 aliphatic rings. The van der Waals surface area contributed by atoms with Crippen LogP contribution in [0.2, 0.25) is 10.3 Å². The third kappa shape index (κ3) is 3.60. The Labute approximate surface area is 139 Å². The molecule has 1 aromatic carbocycles. The number of halogens is 2. The fourth-order valence-electron chi connectivity index (χ4n) is 2.51. The Morgan fingerprint density at radius 3 is 2.50 bits per heavy atom. The van der Waals surface area contributed by atoms with E-state index in [0.717, 1.165) is 18.4 Å². The molecule has 1 aromatic heterocycles. The molecule has 2 aromatic rings. The summed E-state index contributed by atoms with van der Waals surface area (Å²) in [5.41, 5.74) is 2.81. The van der Waals surface area contributed by atoms with Crippen molar-refractivity contribution in [3.8, 4) is 0 Å². The van der Waals surface area contributed by atoms with Crippen LogP contribution in [-0.2, 0) is 6.54 Å². The zero-order chi connectivity index (χ0) is 15.7. The van der Waals surface area contributed by atoms with E-state index in [9.17, 15) is 4.79 Å². The van der Waals surface area contributed by atoms with E-state index in [1.165, 1.54) is 5.56 Å². The molecule has 1 heterocycles. The minimum Gasteiger partial charge on any atom is -0.331 e. The fraction of sp³-hybridized carbons (Fsp3) is 0.294. The standard InChI is InChI=1S/C17H16Cl2N2O/c1-11-3-2-4-12(7-11)10-21(14-5-6-14)17(22)13-8-15(18)20-16(19)9-13/h2-4,7-9,14H,5-6,10H2,1H3. The summed E-state index contributed by atoms with van der Waals surface area (Å²) in [6, 6.07) is 11.7. The molecule has 0 unspecified atom stereocenters. The Kier molecular flexibility index (Phi) is 4.37. The van der Waals surface area contributed by atoms with Crippen LogP contribution >= 0.6 is 23.2 Å². The molecule has 0 aliphatic heterocycles. The molecule has 1 fully saturated rings. The predicted molar refractivity (Wildman–Crippen MR) is 88.3 cm³/mol. The van der Waals surface area contributed by atoms with Gasteiger partial charge in [0, 0.05) is 18.2 Å². The molecule has 3 nitrogen and oxygen atoms in total. The number of pyridine rings is 1. The number of aromatic nitrogens is 1. The van der Waals surface area contributed by atoms with Crippen molar-refractivity contribution in [3.05, 3.63) is 63.4 Å². The monoisotopic (exact) mass is 334 g/mol. The van der Waals surface area contributed by atoms with Gasteiger partial charge in [0.2, 0.25) is 0 Å². The molecule has 1 saturated carbocycles. The summed E-state index contributed by atoms with van der Waals surface area (Å²) < 4.78 is 0. The van der Waals surface area contributed by atoms with Crippen LogP contribution in [0.3, 0.4) is 0 Å². The summed E-state index contributed by atoms with van der Waals surface area (Å²) in [6.45, 7) is 2.65. The van der Waals surface area contributed by atoms with Crippen molar-refractivity contribution in [2.75, 3.05) is 0 Å². The molecule has 0 spiro atoms. The van der Waals surface area contributed by atoms with Crippen molar-refractivity contribution in [2.24, 2.45) is 0 Å². The van der Waals surface area contributed by atoms with Crippen LogP contribution in [0.5, 0.6) is 0 Å². The van der Waals surface area contributed by atoms with Gasteiger partial charge in [0.25, 0.3) is 5.91 Å². The first-order valence-corrected chi connectivity index (χ1v) is 7.98. The maximum absolute atomic E-state index is 12.8. The normalized spacial score (nSPS) is 14.0. The maximum Gasteiger partial charge on any atom is 0.254 e. The minimum absolute atomic E-state index is 0.0461. The van der Waals surface area contributed by atoms with E-state index in [1.54, 1.807) is 12.1 Å². The van der Waals surface area contributed by atoms with E-state index in [2.05, 4.69) is 24.0 Å². The number of aryl methyl sites for hydroxylation is 1. The highest BCUT2D eigenvalue weighted by molar-refractivity contribution is 6.33. The number of nitrogens with zero attached hydrogens (tertiary/aromatic N) is 2. The SMILES string of the molecule is Cc1cccc(CN(C(=O)c2cc(Cl)nc(Cl)c2)C2CC2)c1. The lowest BCUT2D eigenvalue weighted by molar-refractivity contribution is 0.0729. The van der Waals surface area contributed by atoms with E-state index in [4.69, 9.17) is 23.2 Å². The largest absolute Gasteiger partial charge is 0.331 e. The van der Waals surface area contributed by atoms with Gasteiger partial charge in [-0.25, -0.2) is 4.98 Å². The highest BCUT2D eigenvalue weighted by Gasteiger charge is 2.33. The molecule has 3 rings (SSSR count). The van der Waals surface area contributed by atoms with Crippen molar-refractivity contribution in [1.29, 1.82) is 0 Å². The second-order valence-electron chi connectivity index (χ2n) is 5.65. The molecule has 0 radical (unpaired) electrons. The van der Waals surface area contributed by atoms with Crippen molar-refractivity contribution in [2.45, 2.75) is 32.4 Å². The second kappa shape index (κ2) is 6.27. The first-order valence-electron chi connectivity index (χ1n) is 7.22. The van der Waals surface area contributed by atoms with Gasteiger partial charge in [-0.2, -0.15) is 0 Å². The lowest BCUT2D eigenvalue weighted by atomic mass is 10.1. The summed E-state index contributed by atoms with van der Waals surface area (Å²) in [5.74, 6) is -0.0461. The average Bonchev–Trinajstić information content (AvgIpc) is 3.27. The van der Waals surface area contributed by atoms with Crippen molar-refractivity contribution in [1.82, 2.24) is 9.88 Å². The molecular formula is C17H16Cl2N2O. The molecule has 114 valence electrons. The Morgan fingerprint density at radius 2 is 1.91 bits per heavy atom. The first-order chi connectivity index (χ1) is 10.5. The molecule has 0 N–H and O–H groups in total. The predicted octanol–water partition coefficient (Wildman–Crippen LogP) is 4.50. The number of amides is 1. The van der Waals surface area contributed by atoms with Gasteiger partial charge in [-0.05, 0) is 37.5 Å². The smallest absolute Gasteiger partial charge is 0.254 e. The van der Waals surface area contributed by atoms with E-state index >= 15 is 0 Å². The highest BCUT2D eigenvalue weighted by Crippen LogP contribution is 2.30. The van der Waals surface area contributed by atoms with Crippen LogP contribution in [0.4, 0.5) is 0 Å². The van der Waals surface area contributed by atoms with Gasteiger partial charge in [-0.3, -0.25) is 4.79 Å². The van der Waals surface area contributed by atoms with E-state index in [1.807, 2.05) is 17.0 Å². The topological polar surface area (TPSA) is 33.2 Å². The summed E-state index contributed by atoms with van der Waals surface area (Å²) in [5, 5.41) is 0.476. The summed E-state index contributed by atoms with van der Waals surface area (Å²) in [6.07, 6.45) is 2.09. The molecular weight excluding hydrogens is 319 g/mol. The lowest BCUT2D eigenvalue weighted by Gasteiger charge is -2.23. The van der Waals surface area contributed by atoms with Crippen molar-refractivity contribution in [3.63, 3.8) is 0 Å². The molecule has 22 heavy (non-hydrogen) atoms. The maximum atomic E-state index is 12.8. The van der Waals surface area contributed by atoms with Gasteiger partial charge >= 0.3 is 0 Å². The van der Waals surface area contributed by atoms with Crippen molar-refractivity contribution < 1.29 is 4.79 Å². The van der Waals surface area contributed by atoms with E-state index in [-0.39, 0.29) is 16.2 Å². The first kappa shape index (κ1) is 15.3. The summed E-state index contributed by atoms with van der Waals surface area (Å²) >= 11 is 11.8. The Bertz CT molecular complexity index is 693. The zero-order valence-electron chi connectivity index (χ0n) is 12.2. The zero-order valence-corrected chi connectivity index (χ0v) is 13.7. The third-order valence-electron chi connectivity index (χ3n) is 3.69. The average molecular weight is 335 g/mol. The molecule has 5 heteroatoms. The molecule has 0 bridgehead atoms.